The van der Waals surface area contributed by atoms with Crippen molar-refractivity contribution in [1.82, 2.24) is 10.2 Å². The molecule has 1 amide bonds. The van der Waals surface area contributed by atoms with E-state index in [2.05, 4.69) is 27.6 Å². The first-order valence-corrected chi connectivity index (χ1v) is 6.12. The highest BCUT2D eigenvalue weighted by molar-refractivity contribution is 6.30. The smallest absolute Gasteiger partial charge is 0.211 e. The Bertz CT molecular complexity index is 495. The zero-order chi connectivity index (χ0) is 12.8. The largest absolute Gasteiger partial charge is 0.326 e. The van der Waals surface area contributed by atoms with Crippen LogP contribution in [0.2, 0.25) is 5.02 Å². The molecular formula is C13H14ClN3O. The number of halogens is 1. The number of H-pyrrole nitrogens is 1. The minimum absolute atomic E-state index is 0.602. The molecule has 1 saturated carbocycles. The van der Waals surface area contributed by atoms with Crippen molar-refractivity contribution in [1.29, 1.82) is 0 Å². The van der Waals surface area contributed by atoms with Crippen LogP contribution in [0.4, 0.5) is 5.69 Å². The van der Waals surface area contributed by atoms with Gasteiger partial charge in [-0.1, -0.05) is 23.7 Å². The van der Waals surface area contributed by atoms with Gasteiger partial charge in [0, 0.05) is 11.2 Å². The summed E-state index contributed by atoms with van der Waals surface area (Å²) in [5, 5.41) is 9.42. The Hall–Kier alpha value is -1.81. The summed E-state index contributed by atoms with van der Waals surface area (Å²) in [4.78, 5) is 9.72. The normalized spacial score (nSPS) is 13.4. The van der Waals surface area contributed by atoms with Crippen LogP contribution < -0.4 is 5.32 Å². The fraction of sp³-hybridized carbons (Fsp3) is 0.231. The van der Waals surface area contributed by atoms with Gasteiger partial charge in [-0.3, -0.25) is 9.89 Å². The van der Waals surface area contributed by atoms with Crippen LogP contribution in [0, 0.1) is 0 Å². The minimum Gasteiger partial charge on any atom is -0.326 e. The Morgan fingerprint density at radius 2 is 2.28 bits per heavy atom. The number of rotatable bonds is 3. The molecule has 18 heavy (non-hydrogen) atoms. The number of nitrogens with zero attached hydrogens (tertiary/aromatic N) is 1. The molecule has 1 aliphatic rings. The van der Waals surface area contributed by atoms with Crippen molar-refractivity contribution in [2.24, 2.45) is 0 Å². The molecule has 0 saturated heterocycles. The van der Waals surface area contributed by atoms with Crippen molar-refractivity contribution in [2.45, 2.75) is 18.8 Å². The summed E-state index contributed by atoms with van der Waals surface area (Å²) in [7, 11) is 0. The van der Waals surface area contributed by atoms with Crippen molar-refractivity contribution in [3.63, 3.8) is 0 Å². The van der Waals surface area contributed by atoms with Gasteiger partial charge in [0.15, 0.2) is 0 Å². The third-order valence-corrected chi connectivity index (χ3v) is 2.86. The Balaban J connectivity index is 0.000000138. The van der Waals surface area contributed by atoms with Crippen molar-refractivity contribution in [3.05, 3.63) is 47.2 Å². The molecule has 0 bridgehead atoms. The van der Waals surface area contributed by atoms with Gasteiger partial charge in [0.1, 0.15) is 0 Å². The lowest BCUT2D eigenvalue weighted by atomic mass is 10.1. The molecule has 5 heteroatoms. The SMILES string of the molecule is Clc1cccc(C2CC2)c1.O=CNc1cn[nH]c1. The molecule has 4 nitrogen and oxygen atoms in total. The first-order valence-electron chi connectivity index (χ1n) is 5.74. The van der Waals surface area contributed by atoms with Crippen LogP contribution in [0.25, 0.3) is 0 Å². The van der Waals surface area contributed by atoms with E-state index in [1.54, 1.807) is 6.20 Å². The Labute approximate surface area is 110 Å². The maximum Gasteiger partial charge on any atom is 0.211 e. The van der Waals surface area contributed by atoms with Gasteiger partial charge in [0.2, 0.25) is 6.41 Å². The second-order valence-electron chi connectivity index (χ2n) is 4.08. The van der Waals surface area contributed by atoms with Crippen LogP contribution >= 0.6 is 11.6 Å². The van der Waals surface area contributed by atoms with Crippen molar-refractivity contribution in [2.75, 3.05) is 5.32 Å². The lowest BCUT2D eigenvalue weighted by molar-refractivity contribution is -0.105. The summed E-state index contributed by atoms with van der Waals surface area (Å²) in [5.74, 6) is 0.818. The summed E-state index contributed by atoms with van der Waals surface area (Å²) in [5.41, 5.74) is 2.09. The number of anilines is 1. The van der Waals surface area contributed by atoms with Crippen LogP contribution in [0.15, 0.2) is 36.7 Å². The number of aromatic amines is 1. The summed E-state index contributed by atoms with van der Waals surface area (Å²) in [6.07, 6.45) is 6.41. The molecule has 0 spiro atoms. The zero-order valence-corrected chi connectivity index (χ0v) is 10.5. The fourth-order valence-electron chi connectivity index (χ4n) is 1.58. The number of hydrogen-bond donors (Lipinski definition) is 2. The number of hydrogen-bond acceptors (Lipinski definition) is 2. The van der Waals surface area contributed by atoms with Crippen molar-refractivity contribution < 1.29 is 4.79 Å². The highest BCUT2D eigenvalue weighted by Gasteiger charge is 2.22. The number of nitrogens with one attached hydrogen (secondary N) is 2. The van der Waals surface area contributed by atoms with Crippen LogP contribution in [0.1, 0.15) is 24.3 Å². The Morgan fingerprint density at radius 1 is 1.44 bits per heavy atom. The summed E-state index contributed by atoms with van der Waals surface area (Å²) in [6.45, 7) is 0. The molecule has 94 valence electrons. The molecule has 1 fully saturated rings. The van der Waals surface area contributed by atoms with Crippen LogP contribution in [-0.2, 0) is 4.79 Å². The zero-order valence-electron chi connectivity index (χ0n) is 9.77. The molecule has 2 N–H and O–H groups in total. The second kappa shape index (κ2) is 6.21. The van der Waals surface area contributed by atoms with Gasteiger partial charge in [0.05, 0.1) is 11.9 Å². The first kappa shape index (κ1) is 12.6. The van der Waals surface area contributed by atoms with E-state index in [0.717, 1.165) is 10.9 Å². The molecule has 0 radical (unpaired) electrons. The standard InChI is InChI=1S/C9H9Cl.C4H5N3O/c10-9-3-1-2-8(6-9)7-4-5-7;8-3-5-4-1-6-7-2-4/h1-3,6-7H,4-5H2;1-3H,(H,5,8)(H,6,7). The van der Waals surface area contributed by atoms with Gasteiger partial charge < -0.3 is 5.32 Å². The second-order valence-corrected chi connectivity index (χ2v) is 4.51. The summed E-state index contributed by atoms with van der Waals surface area (Å²) in [6, 6.07) is 8.17. The number of carbonyl (C=O) groups excluding carboxylic acids is 1. The first-order chi connectivity index (χ1) is 8.79. The maximum atomic E-state index is 9.72. The average molecular weight is 264 g/mol. The highest BCUT2D eigenvalue weighted by atomic mass is 35.5. The molecule has 3 rings (SSSR count). The Morgan fingerprint density at radius 3 is 2.83 bits per heavy atom. The van der Waals surface area contributed by atoms with E-state index in [1.165, 1.54) is 24.6 Å². The van der Waals surface area contributed by atoms with Gasteiger partial charge in [-0.15, -0.1) is 0 Å². The van der Waals surface area contributed by atoms with Crippen LogP contribution in [0.5, 0.6) is 0 Å². The molecule has 1 aromatic heterocycles. The number of carbonyl (C=O) groups is 1. The van der Waals surface area contributed by atoms with Gasteiger partial charge >= 0.3 is 0 Å². The van der Waals surface area contributed by atoms with E-state index < -0.39 is 0 Å². The average Bonchev–Trinajstić information content (AvgIpc) is 3.10. The summed E-state index contributed by atoms with van der Waals surface area (Å²) >= 11 is 5.82. The maximum absolute atomic E-state index is 9.72. The molecule has 0 atom stereocenters. The van der Waals surface area contributed by atoms with Gasteiger partial charge in [-0.2, -0.15) is 5.10 Å². The predicted molar refractivity (Wildman–Crippen MR) is 71.7 cm³/mol. The van der Waals surface area contributed by atoms with Crippen LogP contribution in [-0.4, -0.2) is 16.6 Å². The third-order valence-electron chi connectivity index (χ3n) is 2.62. The molecule has 1 aromatic carbocycles. The topological polar surface area (TPSA) is 57.8 Å². The monoisotopic (exact) mass is 263 g/mol. The molecule has 1 heterocycles. The molecular weight excluding hydrogens is 250 g/mol. The van der Waals surface area contributed by atoms with E-state index >= 15 is 0 Å². The van der Waals surface area contributed by atoms with Gasteiger partial charge in [0.25, 0.3) is 0 Å². The van der Waals surface area contributed by atoms with E-state index in [9.17, 15) is 4.79 Å². The number of aromatic nitrogens is 2. The minimum atomic E-state index is 0.602. The molecule has 2 aromatic rings. The quantitative estimate of drug-likeness (QED) is 0.836. The Kier molecular flexibility index (Phi) is 4.36. The van der Waals surface area contributed by atoms with E-state index in [-0.39, 0.29) is 0 Å². The lowest BCUT2D eigenvalue weighted by Crippen LogP contribution is -1.89. The molecule has 1 aliphatic carbocycles. The number of amides is 1. The highest BCUT2D eigenvalue weighted by Crippen LogP contribution is 2.40. The predicted octanol–water partition coefficient (Wildman–Crippen LogP) is 3.20. The fourth-order valence-corrected chi connectivity index (χ4v) is 1.77. The van der Waals surface area contributed by atoms with E-state index in [0.29, 0.717) is 12.1 Å². The third kappa shape index (κ3) is 3.89. The van der Waals surface area contributed by atoms with Gasteiger partial charge in [-0.05, 0) is 36.5 Å². The summed E-state index contributed by atoms with van der Waals surface area (Å²) < 4.78 is 0. The molecule has 0 aliphatic heterocycles. The van der Waals surface area contributed by atoms with Gasteiger partial charge in [-0.25, -0.2) is 0 Å². The lowest BCUT2D eigenvalue weighted by Gasteiger charge is -1.95. The molecule has 0 unspecified atom stereocenters. The number of benzene rings is 1. The van der Waals surface area contributed by atoms with Crippen molar-refractivity contribution in [3.8, 4) is 0 Å². The van der Waals surface area contributed by atoms with E-state index in [4.69, 9.17) is 11.6 Å². The van der Waals surface area contributed by atoms with Crippen LogP contribution in [0.3, 0.4) is 0 Å². The van der Waals surface area contributed by atoms with E-state index in [1.807, 2.05) is 12.1 Å². The van der Waals surface area contributed by atoms with Crippen molar-refractivity contribution >= 4 is 23.7 Å².